The van der Waals surface area contributed by atoms with Gasteiger partial charge in [0.05, 0.1) is 12.9 Å². The van der Waals surface area contributed by atoms with E-state index in [1.807, 2.05) is 12.2 Å². The molecule has 2 aromatic heterocycles. The van der Waals surface area contributed by atoms with Crippen molar-refractivity contribution in [2.75, 3.05) is 11.9 Å². The second-order valence-electron chi connectivity index (χ2n) is 8.12. The molecule has 12 nitrogen and oxygen atoms in total. The zero-order valence-electron chi connectivity index (χ0n) is 17.6. The van der Waals surface area contributed by atoms with Crippen LogP contribution in [0, 0.1) is 0 Å². The highest BCUT2D eigenvalue weighted by Gasteiger charge is 2.50. The lowest BCUT2D eigenvalue weighted by atomic mass is 10.0. The van der Waals surface area contributed by atoms with Crippen LogP contribution in [0.2, 0.25) is 0 Å². The van der Waals surface area contributed by atoms with E-state index in [2.05, 4.69) is 28.8 Å². The van der Waals surface area contributed by atoms with Crippen LogP contribution in [-0.4, -0.2) is 66.6 Å². The molecule has 0 aromatic carbocycles. The van der Waals surface area contributed by atoms with E-state index in [0.29, 0.717) is 11.2 Å². The molecule has 1 amide bonds. The van der Waals surface area contributed by atoms with Gasteiger partial charge in [-0.2, -0.15) is 0 Å². The van der Waals surface area contributed by atoms with E-state index in [1.54, 1.807) is 0 Å². The summed E-state index contributed by atoms with van der Waals surface area (Å²) in [5.74, 6) is 0.184. The van der Waals surface area contributed by atoms with Crippen molar-refractivity contribution >= 4 is 38.8 Å². The largest absolute Gasteiger partial charge is 0.442 e. The third-order valence-electron chi connectivity index (χ3n) is 5.81. The van der Waals surface area contributed by atoms with Gasteiger partial charge in [0.1, 0.15) is 30.7 Å². The number of anilines is 1. The lowest BCUT2D eigenvalue weighted by Crippen LogP contribution is -2.38. The van der Waals surface area contributed by atoms with Crippen LogP contribution in [0.1, 0.15) is 38.3 Å². The highest BCUT2D eigenvalue weighted by atomic mass is 31.8. The summed E-state index contributed by atoms with van der Waals surface area (Å²) >= 11 is 0. The van der Waals surface area contributed by atoms with E-state index >= 15 is 0 Å². The first-order chi connectivity index (χ1) is 15.9. The Morgan fingerprint density at radius 2 is 2.18 bits per heavy atom. The summed E-state index contributed by atoms with van der Waals surface area (Å²) in [5.41, 5.74) is 0.660. The summed E-state index contributed by atoms with van der Waals surface area (Å²) < 4.78 is 23.6. The number of rotatable bonds is 3. The molecule has 2 aliphatic heterocycles. The Labute approximate surface area is 191 Å². The Morgan fingerprint density at radius 1 is 1.30 bits per heavy atom. The number of hydrogen-bond acceptors (Lipinski definition) is 9. The molecule has 0 radical (unpaired) electrons. The van der Waals surface area contributed by atoms with Gasteiger partial charge in [-0.05, 0) is 40.3 Å². The number of imidazole rings is 1. The molecule has 178 valence electrons. The van der Waals surface area contributed by atoms with E-state index < -0.39 is 37.9 Å². The average molecular weight is 497 g/mol. The molecule has 4 heterocycles. The number of nitrogens with one attached hydrogen (secondary N) is 1. The molecule has 2 aromatic rings. The van der Waals surface area contributed by atoms with E-state index in [0.717, 1.165) is 32.1 Å². The van der Waals surface area contributed by atoms with Gasteiger partial charge in [0, 0.05) is 0 Å². The molecule has 1 aliphatic carbocycles. The summed E-state index contributed by atoms with van der Waals surface area (Å²) in [5, 5.41) is 13.4. The number of ether oxygens (including phenoxy) is 2. The number of fused-ring (bicyclic) bond motifs is 2. The fraction of sp³-hybridized carbons (Fsp3) is 0.579. The standard InChI is InChI=1S/C19H25N5O7P2/c25-14-15-12(8-28-33(27,32)31-15)30-18(14)24-10-22-13-16(20-9-21-17(13)24)23-19(26)29-11-6-4-2-1-3-5-7-11/h4,6,9-12,14-15,18,25,27,32H,1-3,5,7-8H2,(H,20,21,23,26)/b6-4+. The minimum atomic E-state index is -3.19. The quantitative estimate of drug-likeness (QED) is 0.427. The third kappa shape index (κ3) is 4.83. The maximum absolute atomic E-state index is 12.5. The maximum atomic E-state index is 12.5. The molecule has 5 rings (SSSR count). The van der Waals surface area contributed by atoms with Crippen LogP contribution >= 0.6 is 15.8 Å². The van der Waals surface area contributed by atoms with Gasteiger partial charge in [-0.1, -0.05) is 12.5 Å². The first-order valence-corrected chi connectivity index (χ1v) is 13.7. The first-order valence-electron chi connectivity index (χ1n) is 10.8. The van der Waals surface area contributed by atoms with E-state index in [-0.39, 0.29) is 18.5 Å². The Bertz CT molecular complexity index is 1110. The molecule has 6 unspecified atom stereocenters. The minimum absolute atomic E-state index is 0.0574. The number of aliphatic hydroxyl groups excluding tert-OH is 1. The highest BCUT2D eigenvalue weighted by molar-refractivity contribution is 7.88. The molecule has 6 atom stereocenters. The smallest absolute Gasteiger partial charge is 0.413 e. The second kappa shape index (κ2) is 9.38. The Morgan fingerprint density at radius 3 is 3.06 bits per heavy atom. The number of aromatic nitrogens is 4. The van der Waals surface area contributed by atoms with Crippen LogP contribution in [0.3, 0.4) is 0 Å². The SMILES string of the molecule is O=C(Nc1ncnc2c1ncn2C1OC2COP(O)(=P)OC2C1O)OC1/C=C/CCCCC1. The number of amides is 1. The van der Waals surface area contributed by atoms with E-state index in [9.17, 15) is 14.8 Å². The monoisotopic (exact) mass is 497 g/mol. The lowest BCUT2D eigenvalue weighted by molar-refractivity contribution is -0.0593. The molecule has 33 heavy (non-hydrogen) atoms. The second-order valence-corrected chi connectivity index (χ2v) is 11.3. The lowest BCUT2D eigenvalue weighted by Gasteiger charge is -2.31. The van der Waals surface area contributed by atoms with Gasteiger partial charge in [0.15, 0.2) is 23.2 Å². The number of aliphatic hydroxyl groups is 1. The average Bonchev–Trinajstić information content (AvgIpc) is 3.31. The molecule has 14 heteroatoms. The van der Waals surface area contributed by atoms with Gasteiger partial charge in [0.2, 0.25) is 0 Å². The number of carbonyl (C=O) groups is 1. The molecule has 0 saturated carbocycles. The summed E-state index contributed by atoms with van der Waals surface area (Å²) in [6, 6.07) is 0. The predicted octanol–water partition coefficient (Wildman–Crippen LogP) is 2.75. The van der Waals surface area contributed by atoms with Crippen LogP contribution in [0.4, 0.5) is 10.6 Å². The normalized spacial score (nSPS) is 35.4. The van der Waals surface area contributed by atoms with Crippen molar-refractivity contribution in [1.82, 2.24) is 19.5 Å². The van der Waals surface area contributed by atoms with Crippen molar-refractivity contribution in [3.05, 3.63) is 24.8 Å². The predicted molar refractivity (Wildman–Crippen MR) is 120 cm³/mol. The molecule has 3 aliphatic rings. The van der Waals surface area contributed by atoms with Crippen molar-refractivity contribution in [3.8, 4) is 0 Å². The summed E-state index contributed by atoms with van der Waals surface area (Å²) in [6.07, 6.45) is 7.42. The van der Waals surface area contributed by atoms with Crippen LogP contribution in [0.15, 0.2) is 24.8 Å². The topological polar surface area (TPSA) is 150 Å². The third-order valence-corrected chi connectivity index (χ3v) is 7.54. The summed E-state index contributed by atoms with van der Waals surface area (Å²) in [6.45, 7) is 0.0574. The van der Waals surface area contributed by atoms with Crippen molar-refractivity contribution < 1.29 is 33.3 Å². The number of allylic oxidation sites excluding steroid dienone is 1. The van der Waals surface area contributed by atoms with Crippen molar-refractivity contribution in [2.45, 2.75) is 62.7 Å². The van der Waals surface area contributed by atoms with Gasteiger partial charge in [-0.15, -0.1) is 0 Å². The Balaban J connectivity index is 1.33. The van der Waals surface area contributed by atoms with Gasteiger partial charge in [-0.3, -0.25) is 9.88 Å². The van der Waals surface area contributed by atoms with Crippen molar-refractivity contribution in [1.29, 1.82) is 0 Å². The Kier molecular flexibility index (Phi) is 6.50. The molecule has 0 spiro atoms. The van der Waals surface area contributed by atoms with Crippen molar-refractivity contribution in [2.24, 2.45) is 0 Å². The summed E-state index contributed by atoms with van der Waals surface area (Å²) in [7, 11) is -0.134. The zero-order chi connectivity index (χ0) is 23.0. The number of carbonyl (C=O) groups excluding carboxylic acids is 1. The van der Waals surface area contributed by atoms with Crippen LogP contribution in [0.5, 0.6) is 0 Å². The number of hydrogen-bond donors (Lipinski definition) is 3. The molecular weight excluding hydrogens is 472 g/mol. The van der Waals surface area contributed by atoms with Crippen LogP contribution in [0.25, 0.3) is 11.2 Å². The molecule has 3 N–H and O–H groups in total. The van der Waals surface area contributed by atoms with E-state index in [1.165, 1.54) is 17.2 Å². The van der Waals surface area contributed by atoms with Gasteiger partial charge < -0.3 is 28.5 Å². The van der Waals surface area contributed by atoms with E-state index in [4.69, 9.17) is 18.5 Å². The minimum Gasteiger partial charge on any atom is -0.442 e. The fourth-order valence-electron chi connectivity index (χ4n) is 4.20. The Hall–Kier alpha value is -1.91. The maximum Gasteiger partial charge on any atom is 0.413 e. The van der Waals surface area contributed by atoms with Crippen LogP contribution < -0.4 is 5.32 Å². The van der Waals surface area contributed by atoms with Gasteiger partial charge in [0.25, 0.3) is 7.23 Å². The van der Waals surface area contributed by atoms with Crippen LogP contribution in [-0.2, 0) is 18.5 Å². The molecule has 0 bridgehead atoms. The summed E-state index contributed by atoms with van der Waals surface area (Å²) in [4.78, 5) is 35.2. The zero-order valence-corrected chi connectivity index (χ0v) is 19.5. The number of nitrogens with zero attached hydrogens (tertiary/aromatic N) is 4. The van der Waals surface area contributed by atoms with Gasteiger partial charge in [-0.25, -0.2) is 19.7 Å². The molecular formula is C19H25N5O7P2. The molecule has 2 fully saturated rings. The van der Waals surface area contributed by atoms with Gasteiger partial charge >= 0.3 is 6.09 Å². The first kappa shape index (κ1) is 22.9. The molecule has 2 saturated heterocycles. The fourth-order valence-corrected chi connectivity index (χ4v) is 5.79. The highest BCUT2D eigenvalue weighted by Crippen LogP contribution is 2.56. The van der Waals surface area contributed by atoms with Crippen molar-refractivity contribution in [3.63, 3.8) is 0 Å².